The molecule has 1 heterocycles. The number of carbonyl (C=O) groups excluding carboxylic acids is 1. The summed E-state index contributed by atoms with van der Waals surface area (Å²) in [7, 11) is 0. The Morgan fingerprint density at radius 2 is 1.79 bits per heavy atom. The summed E-state index contributed by atoms with van der Waals surface area (Å²) in [6, 6.07) is 11.4. The Hall–Kier alpha value is -3.28. The molecule has 0 aliphatic heterocycles. The van der Waals surface area contributed by atoms with Gasteiger partial charge in [-0.3, -0.25) is 5.32 Å². The van der Waals surface area contributed by atoms with Crippen LogP contribution in [0.3, 0.4) is 0 Å². The van der Waals surface area contributed by atoms with Crippen molar-refractivity contribution in [3.63, 3.8) is 0 Å². The molecule has 24 heavy (non-hydrogen) atoms. The zero-order valence-corrected chi connectivity index (χ0v) is 13.2. The van der Waals surface area contributed by atoms with E-state index in [9.17, 15) is 14.7 Å². The Morgan fingerprint density at radius 1 is 1.04 bits per heavy atom. The maximum Gasteiger partial charge on any atom is 0.364 e. The van der Waals surface area contributed by atoms with Crippen LogP contribution in [0.25, 0.3) is 11.0 Å². The molecule has 6 heteroatoms. The van der Waals surface area contributed by atoms with Gasteiger partial charge in [-0.05, 0) is 43.2 Å². The lowest BCUT2D eigenvalue weighted by molar-refractivity contribution is 0.262. The molecule has 0 aliphatic carbocycles. The number of hydrogen-bond donors (Lipinski definition) is 3. The third-order valence-electron chi connectivity index (χ3n) is 3.88. The Bertz CT molecular complexity index is 992. The van der Waals surface area contributed by atoms with Crippen molar-refractivity contribution in [3.05, 3.63) is 64.0 Å². The van der Waals surface area contributed by atoms with Crippen LogP contribution in [-0.2, 0) is 0 Å². The normalized spacial score (nSPS) is 10.6. The number of hydrogen-bond acceptors (Lipinski definition) is 4. The number of carbonyl (C=O) groups is 1. The van der Waals surface area contributed by atoms with E-state index in [0.29, 0.717) is 11.1 Å². The Balaban J connectivity index is 1.91. The summed E-state index contributed by atoms with van der Waals surface area (Å²) in [5, 5.41) is 15.6. The quantitative estimate of drug-likeness (QED) is 0.626. The highest BCUT2D eigenvalue weighted by molar-refractivity contribution is 6.02. The number of aromatic hydroxyl groups is 1. The van der Waals surface area contributed by atoms with Crippen LogP contribution in [0.5, 0.6) is 5.75 Å². The number of fused-ring (bicyclic) bond motifs is 1. The molecule has 6 nitrogen and oxygen atoms in total. The first-order valence-electron chi connectivity index (χ1n) is 7.36. The highest BCUT2D eigenvalue weighted by Crippen LogP contribution is 2.29. The summed E-state index contributed by atoms with van der Waals surface area (Å²) in [4.78, 5) is 24.2. The van der Waals surface area contributed by atoms with Gasteiger partial charge in [-0.15, -0.1) is 0 Å². The molecule has 3 N–H and O–H groups in total. The zero-order valence-electron chi connectivity index (χ0n) is 13.2. The number of rotatable bonds is 2. The van der Waals surface area contributed by atoms with Crippen LogP contribution in [0.2, 0.25) is 0 Å². The highest BCUT2D eigenvalue weighted by atomic mass is 16.4. The fourth-order valence-electron chi connectivity index (χ4n) is 2.40. The van der Waals surface area contributed by atoms with Crippen LogP contribution < -0.4 is 16.3 Å². The number of aryl methyl sites for hydroxylation is 1. The van der Waals surface area contributed by atoms with Crippen LogP contribution in [0.15, 0.2) is 51.7 Å². The monoisotopic (exact) mass is 324 g/mol. The molecular formula is C18H16N2O4. The first-order chi connectivity index (χ1) is 11.5. The maximum absolute atomic E-state index is 12.2. The fraction of sp³-hybridized carbons (Fsp3) is 0.111. The molecule has 0 unspecified atom stereocenters. The van der Waals surface area contributed by atoms with Gasteiger partial charge in [-0.1, -0.05) is 24.3 Å². The molecular weight excluding hydrogens is 308 g/mol. The first-order valence-corrected chi connectivity index (χ1v) is 7.36. The van der Waals surface area contributed by atoms with Crippen molar-refractivity contribution in [3.8, 4) is 5.75 Å². The van der Waals surface area contributed by atoms with E-state index < -0.39 is 11.7 Å². The van der Waals surface area contributed by atoms with Crippen LogP contribution in [0.1, 0.15) is 11.1 Å². The predicted molar refractivity (Wildman–Crippen MR) is 92.7 cm³/mol. The predicted octanol–water partition coefficient (Wildman–Crippen LogP) is 3.76. The third kappa shape index (κ3) is 2.81. The number of nitrogens with one attached hydrogen (secondary N) is 2. The third-order valence-corrected chi connectivity index (χ3v) is 3.88. The van der Waals surface area contributed by atoms with Gasteiger partial charge in [0, 0.05) is 5.69 Å². The molecule has 1 aromatic heterocycles. The lowest BCUT2D eigenvalue weighted by Gasteiger charge is -2.12. The molecule has 0 radical (unpaired) electrons. The number of benzene rings is 2. The topological polar surface area (TPSA) is 91.6 Å². The van der Waals surface area contributed by atoms with Crippen LogP contribution in [-0.4, -0.2) is 11.1 Å². The second kappa shape index (κ2) is 6.08. The molecule has 3 rings (SSSR count). The van der Waals surface area contributed by atoms with Crippen molar-refractivity contribution in [2.75, 3.05) is 10.6 Å². The second-order valence-electron chi connectivity index (χ2n) is 5.44. The van der Waals surface area contributed by atoms with Crippen molar-refractivity contribution in [1.29, 1.82) is 0 Å². The van der Waals surface area contributed by atoms with E-state index in [-0.39, 0.29) is 17.0 Å². The molecule has 122 valence electrons. The van der Waals surface area contributed by atoms with Gasteiger partial charge in [0.15, 0.2) is 11.4 Å². The van der Waals surface area contributed by atoms with Gasteiger partial charge in [0.05, 0.1) is 5.39 Å². The lowest BCUT2D eigenvalue weighted by Crippen LogP contribution is -2.23. The van der Waals surface area contributed by atoms with Gasteiger partial charge in [-0.2, -0.15) is 0 Å². The van der Waals surface area contributed by atoms with Crippen LogP contribution >= 0.6 is 0 Å². The largest absolute Gasteiger partial charge is 0.505 e. The summed E-state index contributed by atoms with van der Waals surface area (Å²) in [6.07, 6.45) is 0. The Kier molecular flexibility index (Phi) is 3.95. The number of anilines is 2. The second-order valence-corrected chi connectivity index (χ2v) is 5.44. The smallest absolute Gasteiger partial charge is 0.364 e. The van der Waals surface area contributed by atoms with E-state index >= 15 is 0 Å². The first kappa shape index (κ1) is 15.6. The molecule has 2 aromatic carbocycles. The van der Waals surface area contributed by atoms with E-state index in [1.165, 1.54) is 0 Å². The summed E-state index contributed by atoms with van der Waals surface area (Å²) in [6.45, 7) is 3.81. The average Bonchev–Trinajstić information content (AvgIpc) is 2.56. The highest BCUT2D eigenvalue weighted by Gasteiger charge is 2.16. The standard InChI is InChI=1S/C18H16N2O4/c1-10-6-5-8-13(11(10)2)19-18(23)20-15-16(21)12-7-3-4-9-14(12)24-17(15)22/h3-9,21H,1-2H3,(H2,19,20,23). The summed E-state index contributed by atoms with van der Waals surface area (Å²) < 4.78 is 5.11. The number of urea groups is 1. The minimum Gasteiger partial charge on any atom is -0.505 e. The molecule has 2 amide bonds. The van der Waals surface area contributed by atoms with Crippen molar-refractivity contribution >= 4 is 28.4 Å². The van der Waals surface area contributed by atoms with Gasteiger partial charge >= 0.3 is 11.7 Å². The molecule has 0 atom stereocenters. The number of para-hydroxylation sites is 1. The van der Waals surface area contributed by atoms with Crippen molar-refractivity contribution in [2.24, 2.45) is 0 Å². The van der Waals surface area contributed by atoms with E-state index in [1.54, 1.807) is 30.3 Å². The van der Waals surface area contributed by atoms with E-state index in [1.807, 2.05) is 26.0 Å². The number of amides is 2. The van der Waals surface area contributed by atoms with Crippen molar-refractivity contribution in [2.45, 2.75) is 13.8 Å². The Labute approximate surface area is 137 Å². The molecule has 0 spiro atoms. The average molecular weight is 324 g/mol. The van der Waals surface area contributed by atoms with Gasteiger partial charge in [-0.25, -0.2) is 9.59 Å². The van der Waals surface area contributed by atoms with Crippen LogP contribution in [0.4, 0.5) is 16.2 Å². The summed E-state index contributed by atoms with van der Waals surface area (Å²) >= 11 is 0. The van der Waals surface area contributed by atoms with Gasteiger partial charge in [0.25, 0.3) is 0 Å². The van der Waals surface area contributed by atoms with E-state index in [4.69, 9.17) is 4.42 Å². The minimum absolute atomic E-state index is 0.250. The summed E-state index contributed by atoms with van der Waals surface area (Å²) in [5.41, 5.74) is 1.71. The molecule has 3 aromatic rings. The SMILES string of the molecule is Cc1cccc(NC(=O)Nc2c(O)c3ccccc3oc2=O)c1C. The molecule has 0 saturated heterocycles. The molecule has 0 fully saturated rings. The molecule has 0 aliphatic rings. The Morgan fingerprint density at radius 3 is 2.58 bits per heavy atom. The van der Waals surface area contributed by atoms with E-state index in [0.717, 1.165) is 11.1 Å². The van der Waals surface area contributed by atoms with Crippen LogP contribution in [0, 0.1) is 13.8 Å². The lowest BCUT2D eigenvalue weighted by atomic mass is 10.1. The molecule has 0 bridgehead atoms. The molecule has 0 saturated carbocycles. The van der Waals surface area contributed by atoms with Crippen molar-refractivity contribution in [1.82, 2.24) is 0 Å². The van der Waals surface area contributed by atoms with Gasteiger partial charge < -0.3 is 14.8 Å². The maximum atomic E-state index is 12.2. The van der Waals surface area contributed by atoms with Crippen molar-refractivity contribution < 1.29 is 14.3 Å². The van der Waals surface area contributed by atoms with E-state index in [2.05, 4.69) is 10.6 Å². The van der Waals surface area contributed by atoms with Gasteiger partial charge in [0.2, 0.25) is 0 Å². The fourth-order valence-corrected chi connectivity index (χ4v) is 2.40. The van der Waals surface area contributed by atoms with Gasteiger partial charge in [0.1, 0.15) is 5.58 Å². The summed E-state index contributed by atoms with van der Waals surface area (Å²) in [5.74, 6) is -0.321. The zero-order chi connectivity index (χ0) is 17.3. The minimum atomic E-state index is -0.817.